The molecule has 0 aliphatic heterocycles. The molecule has 0 aromatic carbocycles. The molecule has 0 fully saturated rings. The van der Waals surface area contributed by atoms with Crippen molar-refractivity contribution in [1.82, 2.24) is 4.98 Å². The summed E-state index contributed by atoms with van der Waals surface area (Å²) in [7, 11) is 0. The van der Waals surface area contributed by atoms with E-state index >= 15 is 0 Å². The smallest absolute Gasteiger partial charge is 0.166 e. The van der Waals surface area contributed by atoms with Gasteiger partial charge in [-0.25, -0.2) is 4.98 Å². The van der Waals surface area contributed by atoms with E-state index in [-0.39, 0.29) is 0 Å². The zero-order valence-corrected chi connectivity index (χ0v) is 9.98. The van der Waals surface area contributed by atoms with Gasteiger partial charge >= 0.3 is 0 Å². The third-order valence-corrected chi connectivity index (χ3v) is 2.12. The molecule has 0 saturated heterocycles. The van der Waals surface area contributed by atoms with Crippen molar-refractivity contribution in [3.05, 3.63) is 18.3 Å². The summed E-state index contributed by atoms with van der Waals surface area (Å²) in [5.74, 6) is 1.72. The fraction of sp³-hybridized carbons (Fsp3) is 0.583. The van der Waals surface area contributed by atoms with Gasteiger partial charge < -0.3 is 15.2 Å². The van der Waals surface area contributed by atoms with Gasteiger partial charge in [-0.1, -0.05) is 13.8 Å². The lowest BCUT2D eigenvalue weighted by Gasteiger charge is -2.09. The van der Waals surface area contributed by atoms with Gasteiger partial charge in [0.25, 0.3) is 0 Å². The summed E-state index contributed by atoms with van der Waals surface area (Å²) >= 11 is 0. The lowest BCUT2D eigenvalue weighted by molar-refractivity contribution is 0.0927. The quantitative estimate of drug-likeness (QED) is 0.721. The highest BCUT2D eigenvalue weighted by atomic mass is 16.5. The van der Waals surface area contributed by atoms with Gasteiger partial charge in [-0.05, 0) is 24.5 Å². The average molecular weight is 224 g/mol. The molecule has 4 nitrogen and oxygen atoms in total. The Balaban J connectivity index is 2.10. The zero-order valence-electron chi connectivity index (χ0n) is 9.98. The van der Waals surface area contributed by atoms with Crippen molar-refractivity contribution in [2.24, 2.45) is 5.92 Å². The van der Waals surface area contributed by atoms with Gasteiger partial charge in [0, 0.05) is 12.8 Å². The van der Waals surface area contributed by atoms with Crippen LogP contribution < -0.4 is 10.5 Å². The number of hydrogen-bond acceptors (Lipinski definition) is 4. The maximum atomic E-state index is 5.62. The average Bonchev–Trinajstić information content (AvgIpc) is 2.25. The van der Waals surface area contributed by atoms with Gasteiger partial charge in [-0.15, -0.1) is 0 Å². The lowest BCUT2D eigenvalue weighted by Crippen LogP contribution is -2.09. The highest BCUT2D eigenvalue weighted by Crippen LogP contribution is 2.16. The maximum Gasteiger partial charge on any atom is 0.166 e. The number of rotatable bonds is 7. The summed E-state index contributed by atoms with van der Waals surface area (Å²) in [6.07, 6.45) is 2.72. The number of nitrogens with zero attached hydrogens (tertiary/aromatic N) is 1. The van der Waals surface area contributed by atoms with E-state index in [2.05, 4.69) is 18.8 Å². The normalized spacial score (nSPS) is 10.7. The molecule has 1 aromatic heterocycles. The fourth-order valence-electron chi connectivity index (χ4n) is 1.16. The monoisotopic (exact) mass is 224 g/mol. The van der Waals surface area contributed by atoms with Crippen molar-refractivity contribution in [2.75, 3.05) is 25.6 Å². The van der Waals surface area contributed by atoms with Crippen LogP contribution in [0.3, 0.4) is 0 Å². The standard InChI is InChI=1S/C12H20N2O2/c1-10(2)5-7-15-8-9-16-11-4-3-6-14-12(11)13/h3-4,6,10H,5,7-9H2,1-2H3,(H2,13,14). The van der Waals surface area contributed by atoms with Crippen LogP contribution in [0, 0.1) is 5.92 Å². The number of pyridine rings is 1. The Kier molecular flexibility index (Phi) is 5.64. The minimum atomic E-state index is 0.421. The second-order valence-electron chi connectivity index (χ2n) is 4.03. The van der Waals surface area contributed by atoms with Crippen molar-refractivity contribution in [3.63, 3.8) is 0 Å². The first-order chi connectivity index (χ1) is 7.70. The molecule has 4 heteroatoms. The number of ether oxygens (including phenoxy) is 2. The van der Waals surface area contributed by atoms with Gasteiger partial charge in [0.2, 0.25) is 0 Å². The van der Waals surface area contributed by atoms with E-state index in [1.165, 1.54) is 0 Å². The molecular formula is C12H20N2O2. The molecule has 1 heterocycles. The molecule has 0 radical (unpaired) electrons. The van der Waals surface area contributed by atoms with Gasteiger partial charge in [-0.2, -0.15) is 0 Å². The van der Waals surface area contributed by atoms with Crippen molar-refractivity contribution in [3.8, 4) is 5.75 Å². The summed E-state index contributed by atoms with van der Waals surface area (Å²) in [6, 6.07) is 3.60. The highest BCUT2D eigenvalue weighted by Gasteiger charge is 1.99. The number of nitrogens with two attached hydrogens (primary N) is 1. The number of aromatic nitrogens is 1. The van der Waals surface area contributed by atoms with E-state index in [0.29, 0.717) is 30.7 Å². The Morgan fingerprint density at radius 1 is 1.31 bits per heavy atom. The third-order valence-electron chi connectivity index (χ3n) is 2.12. The van der Waals surface area contributed by atoms with Crippen LogP contribution in [0.4, 0.5) is 5.82 Å². The highest BCUT2D eigenvalue weighted by molar-refractivity contribution is 5.44. The van der Waals surface area contributed by atoms with Crippen LogP contribution in [0.2, 0.25) is 0 Å². The van der Waals surface area contributed by atoms with Gasteiger partial charge in [0.05, 0.1) is 6.61 Å². The Morgan fingerprint density at radius 3 is 2.81 bits per heavy atom. The van der Waals surface area contributed by atoms with E-state index in [9.17, 15) is 0 Å². The van der Waals surface area contributed by atoms with E-state index in [4.69, 9.17) is 15.2 Å². The minimum Gasteiger partial charge on any atom is -0.487 e. The summed E-state index contributed by atoms with van der Waals surface area (Å²) in [4.78, 5) is 3.93. The number of nitrogen functional groups attached to an aromatic ring is 1. The summed E-state index contributed by atoms with van der Waals surface area (Å²) in [5, 5.41) is 0. The number of hydrogen-bond donors (Lipinski definition) is 1. The molecule has 16 heavy (non-hydrogen) atoms. The Hall–Kier alpha value is -1.29. The molecule has 90 valence electrons. The van der Waals surface area contributed by atoms with Crippen molar-refractivity contribution < 1.29 is 9.47 Å². The van der Waals surface area contributed by atoms with Gasteiger partial charge in [0.1, 0.15) is 6.61 Å². The number of anilines is 1. The second kappa shape index (κ2) is 7.06. The van der Waals surface area contributed by atoms with Crippen LogP contribution in [0.5, 0.6) is 5.75 Å². The molecule has 0 amide bonds. The van der Waals surface area contributed by atoms with Crippen LogP contribution >= 0.6 is 0 Å². The first-order valence-electron chi connectivity index (χ1n) is 5.61. The van der Waals surface area contributed by atoms with Gasteiger partial charge in [-0.3, -0.25) is 0 Å². The van der Waals surface area contributed by atoms with Crippen LogP contribution in [0.1, 0.15) is 20.3 Å². The molecular weight excluding hydrogens is 204 g/mol. The first-order valence-corrected chi connectivity index (χ1v) is 5.61. The third kappa shape index (κ3) is 4.98. The predicted octanol–water partition coefficient (Wildman–Crippen LogP) is 2.11. The van der Waals surface area contributed by atoms with E-state index in [1.807, 2.05) is 0 Å². The Bertz CT molecular complexity index is 303. The molecule has 1 aromatic rings. The maximum absolute atomic E-state index is 5.62. The molecule has 0 atom stereocenters. The molecule has 0 spiro atoms. The van der Waals surface area contributed by atoms with Crippen molar-refractivity contribution in [2.45, 2.75) is 20.3 Å². The molecule has 0 unspecified atom stereocenters. The summed E-state index contributed by atoms with van der Waals surface area (Å²) < 4.78 is 10.9. The van der Waals surface area contributed by atoms with E-state index in [0.717, 1.165) is 13.0 Å². The molecule has 0 aliphatic carbocycles. The second-order valence-corrected chi connectivity index (χ2v) is 4.03. The van der Waals surface area contributed by atoms with Crippen molar-refractivity contribution in [1.29, 1.82) is 0 Å². The Labute approximate surface area is 96.8 Å². The predicted molar refractivity (Wildman–Crippen MR) is 64.4 cm³/mol. The van der Waals surface area contributed by atoms with Crippen molar-refractivity contribution >= 4 is 5.82 Å². The molecule has 0 aliphatic rings. The van der Waals surface area contributed by atoms with E-state index < -0.39 is 0 Å². The van der Waals surface area contributed by atoms with Crippen LogP contribution in [0.25, 0.3) is 0 Å². The van der Waals surface area contributed by atoms with Crippen LogP contribution in [0.15, 0.2) is 18.3 Å². The minimum absolute atomic E-state index is 0.421. The molecule has 0 bridgehead atoms. The summed E-state index contributed by atoms with van der Waals surface area (Å²) in [5.41, 5.74) is 5.62. The molecule has 0 saturated carbocycles. The van der Waals surface area contributed by atoms with Crippen LogP contribution in [-0.2, 0) is 4.74 Å². The summed E-state index contributed by atoms with van der Waals surface area (Å²) in [6.45, 7) is 6.23. The van der Waals surface area contributed by atoms with Crippen LogP contribution in [-0.4, -0.2) is 24.8 Å². The van der Waals surface area contributed by atoms with Gasteiger partial charge in [0.15, 0.2) is 11.6 Å². The Morgan fingerprint density at radius 2 is 2.12 bits per heavy atom. The molecule has 2 N–H and O–H groups in total. The first kappa shape index (κ1) is 12.8. The zero-order chi connectivity index (χ0) is 11.8. The molecule has 1 rings (SSSR count). The fourth-order valence-corrected chi connectivity index (χ4v) is 1.16. The topological polar surface area (TPSA) is 57.4 Å². The SMILES string of the molecule is CC(C)CCOCCOc1cccnc1N. The van der Waals surface area contributed by atoms with E-state index in [1.54, 1.807) is 18.3 Å². The lowest BCUT2D eigenvalue weighted by atomic mass is 10.1. The largest absolute Gasteiger partial charge is 0.487 e.